The van der Waals surface area contributed by atoms with E-state index in [2.05, 4.69) is 5.32 Å². The third-order valence-corrected chi connectivity index (χ3v) is 9.41. The van der Waals surface area contributed by atoms with E-state index in [1.54, 1.807) is 25.1 Å². The standard InChI is InChI=1S/C30H34Cl2N4O7S/c1-5-16-33-30(38)27(6-2)34(18-24-25(31)8-7-9-26(24)32)29(37)19-35(21-11-13-22(43-4)14-12-21)44(41,42)23-15-10-20(3)28(17-23)36(39)40/h7-15,17,27H,5-6,16,18-19H2,1-4H3,(H,33,38). The summed E-state index contributed by atoms with van der Waals surface area (Å²) in [7, 11) is -3.09. The van der Waals surface area contributed by atoms with E-state index in [1.165, 1.54) is 55.3 Å². The second kappa shape index (κ2) is 15.2. The molecule has 0 saturated carbocycles. The van der Waals surface area contributed by atoms with E-state index in [0.717, 1.165) is 10.4 Å². The molecule has 1 atom stereocenters. The average Bonchev–Trinajstić information content (AvgIpc) is 2.99. The number of aryl methyl sites for hydroxylation is 1. The first-order chi connectivity index (χ1) is 20.8. The fraction of sp³-hybridized carbons (Fsp3) is 0.333. The Labute approximate surface area is 266 Å². The van der Waals surface area contributed by atoms with Gasteiger partial charge in [-0.05, 0) is 62.2 Å². The molecule has 1 N–H and O–H groups in total. The lowest BCUT2D eigenvalue weighted by Crippen LogP contribution is -2.52. The van der Waals surface area contributed by atoms with E-state index in [4.69, 9.17) is 27.9 Å². The Balaban J connectivity index is 2.15. The number of methoxy groups -OCH3 is 1. The molecule has 0 aliphatic rings. The van der Waals surface area contributed by atoms with Gasteiger partial charge in [-0.25, -0.2) is 8.42 Å². The van der Waals surface area contributed by atoms with Crippen molar-refractivity contribution >= 4 is 56.4 Å². The Morgan fingerprint density at radius 1 is 1.05 bits per heavy atom. The van der Waals surface area contributed by atoms with Crippen LogP contribution in [0.1, 0.15) is 37.8 Å². The van der Waals surface area contributed by atoms with Crippen LogP contribution in [-0.4, -0.2) is 56.3 Å². The van der Waals surface area contributed by atoms with Crippen molar-refractivity contribution in [3.05, 3.63) is 92.0 Å². The highest BCUT2D eigenvalue weighted by molar-refractivity contribution is 7.92. The summed E-state index contributed by atoms with van der Waals surface area (Å²) in [5.41, 5.74) is 0.369. The molecule has 0 bridgehead atoms. The van der Waals surface area contributed by atoms with Crippen LogP contribution in [0.3, 0.4) is 0 Å². The van der Waals surface area contributed by atoms with Crippen molar-refractivity contribution in [2.75, 3.05) is 24.5 Å². The first kappa shape index (κ1) is 34.6. The minimum Gasteiger partial charge on any atom is -0.497 e. The first-order valence-corrected chi connectivity index (χ1v) is 16.0. The predicted molar refractivity (Wildman–Crippen MR) is 170 cm³/mol. The lowest BCUT2D eigenvalue weighted by molar-refractivity contribution is -0.385. The molecule has 14 heteroatoms. The maximum Gasteiger partial charge on any atom is 0.273 e. The van der Waals surface area contributed by atoms with E-state index in [1.807, 2.05) is 6.92 Å². The quantitative estimate of drug-likeness (QED) is 0.171. The van der Waals surface area contributed by atoms with Crippen LogP contribution in [0.15, 0.2) is 65.6 Å². The SMILES string of the molecule is CCCNC(=O)C(CC)N(Cc1c(Cl)cccc1Cl)C(=O)CN(c1ccc(OC)cc1)S(=O)(=O)c1ccc(C)c([N+](=O)[O-])c1. The van der Waals surface area contributed by atoms with Gasteiger partial charge in [-0.15, -0.1) is 0 Å². The van der Waals surface area contributed by atoms with Gasteiger partial charge in [0.25, 0.3) is 15.7 Å². The summed E-state index contributed by atoms with van der Waals surface area (Å²) in [6, 6.07) is 13.3. The number of hydrogen-bond acceptors (Lipinski definition) is 7. The molecule has 0 saturated heterocycles. The van der Waals surface area contributed by atoms with E-state index < -0.39 is 39.3 Å². The number of anilines is 1. The number of nitrogens with one attached hydrogen (secondary N) is 1. The molecule has 2 amide bonds. The fourth-order valence-corrected chi connectivity index (χ4v) is 6.44. The van der Waals surface area contributed by atoms with Gasteiger partial charge in [0, 0.05) is 40.3 Å². The molecule has 0 spiro atoms. The van der Waals surface area contributed by atoms with Crippen LogP contribution in [0.4, 0.5) is 11.4 Å². The van der Waals surface area contributed by atoms with Crippen molar-refractivity contribution in [3.63, 3.8) is 0 Å². The number of carbonyl (C=O) groups excluding carboxylic acids is 2. The smallest absolute Gasteiger partial charge is 0.273 e. The number of benzene rings is 3. The molecule has 0 fully saturated rings. The molecule has 236 valence electrons. The monoisotopic (exact) mass is 664 g/mol. The van der Waals surface area contributed by atoms with Crippen LogP contribution < -0.4 is 14.4 Å². The van der Waals surface area contributed by atoms with Gasteiger partial charge in [-0.3, -0.25) is 24.0 Å². The number of rotatable bonds is 14. The summed E-state index contributed by atoms with van der Waals surface area (Å²) in [6.45, 7) is 4.57. The third-order valence-electron chi connectivity index (χ3n) is 6.93. The lowest BCUT2D eigenvalue weighted by atomic mass is 10.1. The molecule has 0 heterocycles. The summed E-state index contributed by atoms with van der Waals surface area (Å²) in [5, 5.41) is 15.0. The van der Waals surface area contributed by atoms with Gasteiger partial charge < -0.3 is 15.0 Å². The zero-order chi connectivity index (χ0) is 32.6. The van der Waals surface area contributed by atoms with E-state index in [-0.39, 0.29) is 44.8 Å². The maximum absolute atomic E-state index is 14.2. The molecule has 0 aliphatic heterocycles. The highest BCUT2D eigenvalue weighted by atomic mass is 35.5. The number of hydrogen-bond donors (Lipinski definition) is 1. The van der Waals surface area contributed by atoms with E-state index in [0.29, 0.717) is 24.3 Å². The molecular formula is C30H34Cl2N4O7S. The molecular weight excluding hydrogens is 631 g/mol. The molecule has 3 aromatic carbocycles. The minimum absolute atomic E-state index is 0.0987. The molecule has 3 rings (SSSR count). The second-order valence-electron chi connectivity index (χ2n) is 9.85. The Hall–Kier alpha value is -3.87. The van der Waals surface area contributed by atoms with E-state index >= 15 is 0 Å². The number of halogens is 2. The Morgan fingerprint density at radius 2 is 1.68 bits per heavy atom. The summed E-state index contributed by atoms with van der Waals surface area (Å²) in [6.07, 6.45) is 0.876. The number of nitro groups is 1. The van der Waals surface area contributed by atoms with Crippen molar-refractivity contribution in [1.82, 2.24) is 10.2 Å². The van der Waals surface area contributed by atoms with Crippen molar-refractivity contribution in [3.8, 4) is 5.75 Å². The van der Waals surface area contributed by atoms with Crippen LogP contribution in [0, 0.1) is 17.0 Å². The largest absolute Gasteiger partial charge is 0.497 e. The van der Waals surface area contributed by atoms with Gasteiger partial charge in [0.15, 0.2) is 0 Å². The molecule has 0 radical (unpaired) electrons. The highest BCUT2D eigenvalue weighted by Crippen LogP contribution is 2.31. The number of amides is 2. The summed E-state index contributed by atoms with van der Waals surface area (Å²) >= 11 is 12.9. The summed E-state index contributed by atoms with van der Waals surface area (Å²) in [4.78, 5) is 39.2. The normalized spacial score (nSPS) is 11.9. The van der Waals surface area contributed by atoms with Gasteiger partial charge >= 0.3 is 0 Å². The summed E-state index contributed by atoms with van der Waals surface area (Å²) < 4.78 is 34.2. The maximum atomic E-state index is 14.2. The van der Waals surface area contributed by atoms with Gasteiger partial charge in [0.05, 0.1) is 22.6 Å². The third kappa shape index (κ3) is 7.99. The van der Waals surface area contributed by atoms with Crippen LogP contribution in [-0.2, 0) is 26.2 Å². The number of sulfonamides is 1. The average molecular weight is 666 g/mol. The minimum atomic E-state index is -4.54. The number of carbonyl (C=O) groups is 2. The van der Waals surface area contributed by atoms with Crippen molar-refractivity contribution in [1.29, 1.82) is 0 Å². The zero-order valence-corrected chi connectivity index (χ0v) is 27.1. The molecule has 44 heavy (non-hydrogen) atoms. The van der Waals surface area contributed by atoms with Crippen molar-refractivity contribution in [2.45, 2.75) is 51.1 Å². The van der Waals surface area contributed by atoms with Gasteiger partial charge in [-0.2, -0.15) is 0 Å². The van der Waals surface area contributed by atoms with Crippen molar-refractivity contribution in [2.24, 2.45) is 0 Å². The van der Waals surface area contributed by atoms with E-state index in [9.17, 15) is 28.1 Å². The number of ether oxygens (including phenoxy) is 1. The fourth-order valence-electron chi connectivity index (χ4n) is 4.49. The van der Waals surface area contributed by atoms with Gasteiger partial charge in [-0.1, -0.05) is 49.2 Å². The second-order valence-corrected chi connectivity index (χ2v) is 12.5. The van der Waals surface area contributed by atoms with Crippen LogP contribution >= 0.6 is 23.2 Å². The van der Waals surface area contributed by atoms with Crippen LogP contribution in [0.2, 0.25) is 10.0 Å². The lowest BCUT2D eigenvalue weighted by Gasteiger charge is -2.33. The molecule has 11 nitrogen and oxygen atoms in total. The Morgan fingerprint density at radius 3 is 2.23 bits per heavy atom. The van der Waals surface area contributed by atoms with Crippen molar-refractivity contribution < 1.29 is 27.7 Å². The van der Waals surface area contributed by atoms with Gasteiger partial charge in [0.2, 0.25) is 11.8 Å². The molecule has 1 unspecified atom stereocenters. The molecule has 3 aromatic rings. The Kier molecular flexibility index (Phi) is 12.0. The van der Waals surface area contributed by atoms with Crippen LogP contribution in [0.25, 0.3) is 0 Å². The highest BCUT2D eigenvalue weighted by Gasteiger charge is 2.35. The number of nitro benzene ring substituents is 1. The number of nitrogens with zero attached hydrogens (tertiary/aromatic N) is 3. The molecule has 0 aliphatic carbocycles. The summed E-state index contributed by atoms with van der Waals surface area (Å²) in [5.74, 6) is -0.698. The zero-order valence-electron chi connectivity index (χ0n) is 24.7. The molecule has 0 aromatic heterocycles. The predicted octanol–water partition coefficient (Wildman–Crippen LogP) is 5.75. The topological polar surface area (TPSA) is 139 Å². The Bertz CT molecular complexity index is 1600. The van der Waals surface area contributed by atoms with Gasteiger partial charge in [0.1, 0.15) is 18.3 Å². The first-order valence-electron chi connectivity index (χ1n) is 13.8. The van der Waals surface area contributed by atoms with Crippen LogP contribution in [0.5, 0.6) is 5.75 Å².